The van der Waals surface area contributed by atoms with Gasteiger partial charge in [-0.05, 0) is 25.9 Å². The van der Waals surface area contributed by atoms with Gasteiger partial charge in [-0.2, -0.15) is 0 Å². The minimum Gasteiger partial charge on any atom is -0.297 e. The van der Waals surface area contributed by atoms with Gasteiger partial charge in [-0.1, -0.05) is 5.21 Å². The highest BCUT2D eigenvalue weighted by molar-refractivity contribution is 6.20. The van der Waals surface area contributed by atoms with E-state index in [1.165, 1.54) is 0 Å². The molecular weight excluding hydrogens is 200 g/mol. The van der Waals surface area contributed by atoms with Crippen LogP contribution in [0.25, 0.3) is 0 Å². The zero-order valence-corrected chi connectivity index (χ0v) is 9.11. The van der Waals surface area contributed by atoms with Crippen molar-refractivity contribution in [1.82, 2.24) is 19.9 Å². The fraction of sp³-hybridized carbons (Fsp3) is 0.778. The number of halogens is 1. The zero-order chi connectivity index (χ0) is 9.97. The Kier molecular flexibility index (Phi) is 3.03. The second-order valence-electron chi connectivity index (χ2n) is 3.83. The van der Waals surface area contributed by atoms with Crippen LogP contribution in [0.4, 0.5) is 0 Å². The van der Waals surface area contributed by atoms with Gasteiger partial charge in [0, 0.05) is 25.2 Å². The van der Waals surface area contributed by atoms with Crippen molar-refractivity contribution in [3.05, 3.63) is 11.9 Å². The van der Waals surface area contributed by atoms with Crippen LogP contribution in [0.1, 0.15) is 18.5 Å². The normalized spacial score (nSPS) is 20.1. The van der Waals surface area contributed by atoms with Crippen molar-refractivity contribution >= 4 is 11.6 Å². The maximum absolute atomic E-state index is 6.03. The summed E-state index contributed by atoms with van der Waals surface area (Å²) in [5.74, 6) is 0. The molecule has 0 saturated carbocycles. The van der Waals surface area contributed by atoms with E-state index in [0.717, 1.165) is 38.2 Å². The summed E-state index contributed by atoms with van der Waals surface area (Å²) in [4.78, 5) is 2.38. The fourth-order valence-electron chi connectivity index (χ4n) is 1.76. The van der Waals surface area contributed by atoms with Crippen molar-refractivity contribution in [3.63, 3.8) is 0 Å². The van der Waals surface area contributed by atoms with E-state index < -0.39 is 0 Å². The molecule has 0 radical (unpaired) electrons. The predicted octanol–water partition coefficient (Wildman–Crippen LogP) is 1.02. The summed E-state index contributed by atoms with van der Waals surface area (Å²) in [6.07, 6.45) is 4.14. The van der Waals surface area contributed by atoms with Crippen LogP contribution < -0.4 is 0 Å². The number of aryl methyl sites for hydroxylation is 1. The van der Waals surface area contributed by atoms with Crippen LogP contribution in [0.3, 0.4) is 0 Å². The molecule has 1 fully saturated rings. The molecule has 0 aliphatic carbocycles. The Hall–Kier alpha value is -0.610. The average molecular weight is 215 g/mol. The summed E-state index contributed by atoms with van der Waals surface area (Å²) in [5.41, 5.74) is 1.04. The van der Waals surface area contributed by atoms with Gasteiger partial charge in [0.15, 0.2) is 0 Å². The lowest BCUT2D eigenvalue weighted by Crippen LogP contribution is -2.33. The Morgan fingerprint density at radius 2 is 2.21 bits per heavy atom. The van der Waals surface area contributed by atoms with E-state index in [1.807, 2.05) is 13.2 Å². The van der Waals surface area contributed by atoms with Crippen molar-refractivity contribution in [2.45, 2.75) is 24.8 Å². The van der Waals surface area contributed by atoms with Crippen LogP contribution in [-0.2, 0) is 13.6 Å². The van der Waals surface area contributed by atoms with Crippen molar-refractivity contribution in [1.29, 1.82) is 0 Å². The molecule has 0 spiro atoms. The molecule has 5 heteroatoms. The lowest BCUT2D eigenvalue weighted by molar-refractivity contribution is 0.221. The van der Waals surface area contributed by atoms with Crippen LogP contribution in [0.2, 0.25) is 0 Å². The molecule has 0 atom stereocenters. The van der Waals surface area contributed by atoms with Gasteiger partial charge in [0.1, 0.15) is 0 Å². The summed E-state index contributed by atoms with van der Waals surface area (Å²) < 4.78 is 1.74. The van der Waals surface area contributed by atoms with Gasteiger partial charge in [-0.25, -0.2) is 0 Å². The van der Waals surface area contributed by atoms with Crippen LogP contribution in [-0.4, -0.2) is 38.4 Å². The maximum atomic E-state index is 6.03. The molecule has 0 unspecified atom stereocenters. The highest BCUT2D eigenvalue weighted by Gasteiger charge is 2.17. The first-order valence-corrected chi connectivity index (χ1v) is 5.39. The summed E-state index contributed by atoms with van der Waals surface area (Å²) in [7, 11) is 1.89. The molecule has 1 aromatic heterocycles. The third-order valence-electron chi connectivity index (χ3n) is 2.55. The molecule has 2 heterocycles. The van der Waals surface area contributed by atoms with Gasteiger partial charge in [-0.3, -0.25) is 9.58 Å². The van der Waals surface area contributed by atoms with E-state index >= 15 is 0 Å². The smallest absolute Gasteiger partial charge is 0.0966 e. The predicted molar refractivity (Wildman–Crippen MR) is 55.2 cm³/mol. The highest BCUT2D eigenvalue weighted by Crippen LogP contribution is 2.16. The summed E-state index contributed by atoms with van der Waals surface area (Å²) in [6.45, 7) is 3.05. The number of likely N-dealkylation sites (tertiary alicyclic amines) is 1. The maximum Gasteiger partial charge on any atom is 0.0966 e. The van der Waals surface area contributed by atoms with E-state index in [1.54, 1.807) is 4.68 Å². The van der Waals surface area contributed by atoms with Crippen LogP contribution in [0.5, 0.6) is 0 Å². The Morgan fingerprint density at radius 1 is 1.50 bits per heavy atom. The lowest BCUT2D eigenvalue weighted by atomic mass is 10.1. The largest absolute Gasteiger partial charge is 0.297 e. The molecule has 1 aliphatic heterocycles. The zero-order valence-electron chi connectivity index (χ0n) is 8.36. The molecular formula is C9H15ClN4. The standard InChI is InChI=1S/C9H15ClN4/c1-13-6-9(11-12-13)7-14-4-2-8(10)3-5-14/h6,8H,2-5,7H2,1H3. The Bertz CT molecular complexity index is 291. The van der Waals surface area contributed by atoms with Gasteiger partial charge >= 0.3 is 0 Å². The second kappa shape index (κ2) is 4.28. The first-order chi connectivity index (χ1) is 6.74. The molecule has 14 heavy (non-hydrogen) atoms. The third-order valence-corrected chi connectivity index (χ3v) is 2.99. The van der Waals surface area contributed by atoms with E-state index in [2.05, 4.69) is 15.2 Å². The number of alkyl halides is 1. The van der Waals surface area contributed by atoms with Crippen molar-refractivity contribution in [2.24, 2.45) is 7.05 Å². The summed E-state index contributed by atoms with van der Waals surface area (Å²) >= 11 is 6.03. The summed E-state index contributed by atoms with van der Waals surface area (Å²) in [5, 5.41) is 8.35. The van der Waals surface area contributed by atoms with Gasteiger partial charge in [-0.15, -0.1) is 16.7 Å². The first kappa shape index (κ1) is 9.93. The topological polar surface area (TPSA) is 34.0 Å². The number of nitrogens with zero attached hydrogens (tertiary/aromatic N) is 4. The minimum absolute atomic E-state index is 0.369. The lowest BCUT2D eigenvalue weighted by Gasteiger charge is -2.28. The van der Waals surface area contributed by atoms with Crippen LogP contribution in [0.15, 0.2) is 6.20 Å². The average Bonchev–Trinajstić information content (AvgIpc) is 2.56. The molecule has 1 aromatic rings. The van der Waals surface area contributed by atoms with Gasteiger partial charge in [0.25, 0.3) is 0 Å². The number of piperidine rings is 1. The SMILES string of the molecule is Cn1cc(CN2CCC(Cl)CC2)nn1. The molecule has 0 amide bonds. The first-order valence-electron chi connectivity index (χ1n) is 4.95. The second-order valence-corrected chi connectivity index (χ2v) is 4.45. The molecule has 0 bridgehead atoms. The van der Waals surface area contributed by atoms with Gasteiger partial charge in [0.2, 0.25) is 0 Å². The van der Waals surface area contributed by atoms with Crippen LogP contribution in [0, 0.1) is 0 Å². The van der Waals surface area contributed by atoms with Crippen molar-refractivity contribution in [2.75, 3.05) is 13.1 Å². The van der Waals surface area contributed by atoms with Gasteiger partial charge in [0.05, 0.1) is 5.69 Å². The number of aromatic nitrogens is 3. The highest BCUT2D eigenvalue weighted by atomic mass is 35.5. The summed E-state index contributed by atoms with van der Waals surface area (Å²) in [6, 6.07) is 0. The monoisotopic (exact) mass is 214 g/mol. The molecule has 0 aromatic carbocycles. The Morgan fingerprint density at radius 3 is 2.79 bits per heavy atom. The Balaban J connectivity index is 1.86. The quantitative estimate of drug-likeness (QED) is 0.690. The van der Waals surface area contributed by atoms with Gasteiger partial charge < -0.3 is 0 Å². The molecule has 1 aliphatic rings. The van der Waals surface area contributed by atoms with Crippen molar-refractivity contribution in [3.8, 4) is 0 Å². The molecule has 2 rings (SSSR count). The number of hydrogen-bond acceptors (Lipinski definition) is 3. The molecule has 0 N–H and O–H groups in total. The van der Waals surface area contributed by atoms with E-state index in [0.29, 0.717) is 5.38 Å². The van der Waals surface area contributed by atoms with E-state index in [9.17, 15) is 0 Å². The third kappa shape index (κ3) is 2.45. The van der Waals surface area contributed by atoms with E-state index in [-0.39, 0.29) is 0 Å². The van der Waals surface area contributed by atoms with Crippen LogP contribution >= 0.6 is 11.6 Å². The molecule has 78 valence electrons. The molecule has 4 nitrogen and oxygen atoms in total. The van der Waals surface area contributed by atoms with Crippen molar-refractivity contribution < 1.29 is 0 Å². The fourth-order valence-corrected chi connectivity index (χ4v) is 1.95. The minimum atomic E-state index is 0.369. The molecule has 1 saturated heterocycles. The Labute approximate surface area is 88.8 Å². The number of rotatable bonds is 2. The van der Waals surface area contributed by atoms with E-state index in [4.69, 9.17) is 11.6 Å². The number of hydrogen-bond donors (Lipinski definition) is 0.